The van der Waals surface area contributed by atoms with Gasteiger partial charge in [0.1, 0.15) is 0 Å². The van der Waals surface area contributed by atoms with Gasteiger partial charge in [0.2, 0.25) is 0 Å². The van der Waals surface area contributed by atoms with Crippen molar-refractivity contribution in [3.63, 3.8) is 0 Å². The summed E-state index contributed by atoms with van der Waals surface area (Å²) in [4.78, 5) is 23.2. The number of hydrogen-bond donors (Lipinski definition) is 5. The molecule has 0 saturated heterocycles. The number of aromatic carboxylic acids is 2. The van der Waals surface area contributed by atoms with Gasteiger partial charge in [0.05, 0.1) is 34.3 Å². The highest BCUT2D eigenvalue weighted by atomic mass is 16.4. The highest BCUT2D eigenvalue weighted by molar-refractivity contribution is 5.95. The number of allylic oxidation sites excluding steroid dienone is 2. The van der Waals surface area contributed by atoms with Crippen molar-refractivity contribution in [3.8, 4) is 0 Å². The number of carbonyl (C=O) groups is 2. The first kappa shape index (κ1) is 25.9. The molecule has 0 heterocycles. The van der Waals surface area contributed by atoms with Crippen LogP contribution in [0.25, 0.3) is 0 Å². The van der Waals surface area contributed by atoms with E-state index in [1.54, 1.807) is 50.2 Å². The van der Waals surface area contributed by atoms with Gasteiger partial charge in [0.25, 0.3) is 0 Å². The molecule has 0 atom stereocenters. The third-order valence-electron chi connectivity index (χ3n) is 5.28. The summed E-state index contributed by atoms with van der Waals surface area (Å²) in [5.74, 6) is -2.07. The van der Waals surface area contributed by atoms with E-state index in [2.05, 4.69) is 23.6 Å². The first-order valence-corrected chi connectivity index (χ1v) is 11.1. The number of carboxylic acids is 2. The molecule has 7 heteroatoms. The van der Waals surface area contributed by atoms with Crippen LogP contribution in [0.4, 0.5) is 11.4 Å². The van der Waals surface area contributed by atoms with Crippen LogP contribution in [0.5, 0.6) is 0 Å². The topological polar surface area (TPSA) is 119 Å². The lowest BCUT2D eigenvalue weighted by Gasteiger charge is -2.24. The molecule has 0 fully saturated rings. The number of carboxylic acid groups (broad SMARTS) is 2. The zero-order chi connectivity index (χ0) is 24.4. The molecule has 0 unspecified atom stereocenters. The molecular formula is C26H34N2O5. The highest BCUT2D eigenvalue weighted by Crippen LogP contribution is 2.22. The van der Waals surface area contributed by atoms with Gasteiger partial charge in [-0.1, -0.05) is 35.9 Å². The predicted octanol–water partition coefficient (Wildman–Crippen LogP) is 5.60. The molecular weight excluding hydrogens is 420 g/mol. The number of para-hydroxylation sites is 2. The van der Waals surface area contributed by atoms with E-state index in [0.29, 0.717) is 24.2 Å². The third kappa shape index (κ3) is 8.98. The minimum absolute atomic E-state index is 0.147. The number of hydrogen-bond acceptors (Lipinski definition) is 5. The highest BCUT2D eigenvalue weighted by Gasteiger charge is 2.17. The molecule has 2 rings (SSSR count). The molecule has 0 saturated carbocycles. The van der Waals surface area contributed by atoms with Crippen LogP contribution < -0.4 is 10.6 Å². The van der Waals surface area contributed by atoms with Crippen molar-refractivity contribution in [3.05, 3.63) is 71.3 Å². The van der Waals surface area contributed by atoms with Crippen LogP contribution in [0.15, 0.2) is 60.2 Å². The summed E-state index contributed by atoms with van der Waals surface area (Å²) in [7, 11) is 0. The van der Waals surface area contributed by atoms with Gasteiger partial charge in [0.15, 0.2) is 0 Å². The van der Waals surface area contributed by atoms with Crippen molar-refractivity contribution < 1.29 is 24.9 Å². The van der Waals surface area contributed by atoms with Gasteiger partial charge < -0.3 is 26.0 Å². The zero-order valence-corrected chi connectivity index (χ0v) is 19.5. The monoisotopic (exact) mass is 454 g/mol. The van der Waals surface area contributed by atoms with Gasteiger partial charge in [-0.3, -0.25) is 0 Å². The lowest BCUT2D eigenvalue weighted by Crippen LogP contribution is -2.30. The van der Waals surface area contributed by atoms with E-state index in [1.807, 2.05) is 0 Å². The number of aliphatic hydroxyl groups is 1. The molecule has 0 amide bonds. The molecule has 0 bridgehead atoms. The van der Waals surface area contributed by atoms with Crippen molar-refractivity contribution in [1.82, 2.24) is 0 Å². The fourth-order valence-electron chi connectivity index (χ4n) is 3.55. The Labute approximate surface area is 195 Å². The SMILES string of the molecule is CC(=CCCC(Nc1ccccc1C(=O)O)Nc1ccccc1C(=O)O)CCCC(C)(C)O. The second-order valence-corrected chi connectivity index (χ2v) is 8.84. The van der Waals surface area contributed by atoms with Gasteiger partial charge in [-0.05, 0) is 77.1 Å². The zero-order valence-electron chi connectivity index (χ0n) is 19.5. The van der Waals surface area contributed by atoms with E-state index in [4.69, 9.17) is 0 Å². The summed E-state index contributed by atoms with van der Waals surface area (Å²) in [6.45, 7) is 5.66. The van der Waals surface area contributed by atoms with E-state index in [9.17, 15) is 24.9 Å². The summed E-state index contributed by atoms with van der Waals surface area (Å²) in [6, 6.07) is 13.3. The van der Waals surface area contributed by atoms with Crippen LogP contribution in [0.3, 0.4) is 0 Å². The Balaban J connectivity index is 2.15. The number of benzene rings is 2. The molecule has 2 aromatic carbocycles. The van der Waals surface area contributed by atoms with E-state index in [1.165, 1.54) is 17.7 Å². The summed E-state index contributed by atoms with van der Waals surface area (Å²) in [5, 5.41) is 35.3. The molecule has 2 aromatic rings. The van der Waals surface area contributed by atoms with Crippen molar-refractivity contribution in [2.24, 2.45) is 0 Å². The van der Waals surface area contributed by atoms with E-state index < -0.39 is 23.7 Å². The average molecular weight is 455 g/mol. The fraction of sp³-hybridized carbons (Fsp3) is 0.385. The third-order valence-corrected chi connectivity index (χ3v) is 5.28. The minimum atomic E-state index is -1.04. The standard InChI is InChI=1S/C26H34N2O5/c1-18(11-9-17-26(2,3)33)10-8-16-23(27-21-14-6-4-12-19(21)24(29)30)28-22-15-7-5-13-20(22)25(31)32/h4-7,10,12-15,23,27-28,33H,8-9,11,16-17H2,1-3H3,(H,29,30)(H,31,32). The maximum Gasteiger partial charge on any atom is 0.337 e. The van der Waals surface area contributed by atoms with Crippen LogP contribution in [0.1, 0.15) is 73.6 Å². The number of rotatable bonds is 13. The Morgan fingerprint density at radius 2 is 1.42 bits per heavy atom. The summed E-state index contributed by atoms with van der Waals surface area (Å²) >= 11 is 0. The Morgan fingerprint density at radius 1 is 0.939 bits per heavy atom. The van der Waals surface area contributed by atoms with Gasteiger partial charge in [0, 0.05) is 0 Å². The molecule has 0 aliphatic rings. The maximum atomic E-state index is 11.6. The van der Waals surface area contributed by atoms with Crippen molar-refractivity contribution in [1.29, 1.82) is 0 Å². The maximum absolute atomic E-state index is 11.6. The van der Waals surface area contributed by atoms with Crippen LogP contribution in [0, 0.1) is 0 Å². The number of anilines is 2. The molecule has 0 aliphatic carbocycles. The molecule has 7 nitrogen and oxygen atoms in total. The van der Waals surface area contributed by atoms with Gasteiger partial charge in [-0.25, -0.2) is 9.59 Å². The van der Waals surface area contributed by atoms with E-state index >= 15 is 0 Å². The second-order valence-electron chi connectivity index (χ2n) is 8.84. The smallest absolute Gasteiger partial charge is 0.337 e. The van der Waals surface area contributed by atoms with Crippen molar-refractivity contribution >= 4 is 23.3 Å². The van der Waals surface area contributed by atoms with Crippen LogP contribution in [-0.2, 0) is 0 Å². The molecule has 178 valence electrons. The van der Waals surface area contributed by atoms with Gasteiger partial charge in [-0.15, -0.1) is 0 Å². The van der Waals surface area contributed by atoms with Crippen molar-refractivity contribution in [2.45, 2.75) is 64.6 Å². The van der Waals surface area contributed by atoms with Crippen LogP contribution in [0.2, 0.25) is 0 Å². The quantitative estimate of drug-likeness (QED) is 0.197. The first-order valence-electron chi connectivity index (χ1n) is 11.1. The first-order chi connectivity index (χ1) is 15.6. The molecule has 0 aliphatic heterocycles. The Kier molecular flexibility index (Phi) is 9.48. The van der Waals surface area contributed by atoms with Gasteiger partial charge in [-0.2, -0.15) is 0 Å². The fourth-order valence-corrected chi connectivity index (χ4v) is 3.55. The largest absolute Gasteiger partial charge is 0.478 e. The van der Waals surface area contributed by atoms with Crippen molar-refractivity contribution in [2.75, 3.05) is 10.6 Å². The summed E-state index contributed by atoms with van der Waals surface area (Å²) in [6.07, 6.45) is 5.55. The minimum Gasteiger partial charge on any atom is -0.478 e. The van der Waals surface area contributed by atoms with E-state index in [-0.39, 0.29) is 11.1 Å². The van der Waals surface area contributed by atoms with Gasteiger partial charge >= 0.3 is 11.9 Å². The Morgan fingerprint density at radius 3 is 1.88 bits per heavy atom. The normalized spacial score (nSPS) is 12.0. The molecule has 5 N–H and O–H groups in total. The number of nitrogens with one attached hydrogen (secondary N) is 2. The predicted molar refractivity (Wildman–Crippen MR) is 131 cm³/mol. The molecule has 0 aromatic heterocycles. The second kappa shape index (κ2) is 12.1. The van der Waals surface area contributed by atoms with Crippen LogP contribution in [-0.4, -0.2) is 39.0 Å². The lowest BCUT2D eigenvalue weighted by molar-refractivity contribution is 0.0684. The summed E-state index contributed by atoms with van der Waals surface area (Å²) < 4.78 is 0. The molecule has 33 heavy (non-hydrogen) atoms. The Hall–Kier alpha value is -3.32. The van der Waals surface area contributed by atoms with E-state index in [0.717, 1.165) is 19.3 Å². The van der Waals surface area contributed by atoms with Crippen LogP contribution >= 0.6 is 0 Å². The summed E-state index contributed by atoms with van der Waals surface area (Å²) in [5.41, 5.74) is 1.76. The molecule has 0 spiro atoms. The lowest BCUT2D eigenvalue weighted by atomic mass is 9.99. The Bertz CT molecular complexity index is 919. The molecule has 0 radical (unpaired) electrons. The average Bonchev–Trinajstić information content (AvgIpc) is 2.73.